The van der Waals surface area contributed by atoms with Gasteiger partial charge < -0.3 is 5.73 Å². The number of rotatable bonds is 3. The topological polar surface area (TPSA) is 26.0 Å². The van der Waals surface area contributed by atoms with Gasteiger partial charge in [0.2, 0.25) is 0 Å². The van der Waals surface area contributed by atoms with E-state index in [0.29, 0.717) is 6.04 Å². The lowest BCUT2D eigenvalue weighted by molar-refractivity contribution is 0.0665. The molecule has 3 fully saturated rings. The van der Waals surface area contributed by atoms with Gasteiger partial charge in [-0.05, 0) is 42.9 Å². The van der Waals surface area contributed by atoms with E-state index in [4.69, 9.17) is 5.73 Å². The fourth-order valence-electron chi connectivity index (χ4n) is 3.59. The Kier molecular flexibility index (Phi) is 3.16. The zero-order valence-electron chi connectivity index (χ0n) is 9.71. The van der Waals surface area contributed by atoms with E-state index in [0.717, 1.165) is 23.7 Å². The predicted octanol–water partition coefficient (Wildman–Crippen LogP) is 3.19. The van der Waals surface area contributed by atoms with Gasteiger partial charge in [-0.25, -0.2) is 0 Å². The minimum absolute atomic E-state index is 0.480. The number of fused-ring (bicyclic) bond motifs is 3. The van der Waals surface area contributed by atoms with Crippen molar-refractivity contribution in [2.45, 2.75) is 58.4 Å². The summed E-state index contributed by atoms with van der Waals surface area (Å²) >= 11 is 0. The molecule has 0 aromatic heterocycles. The molecule has 0 aromatic carbocycles. The van der Waals surface area contributed by atoms with E-state index in [1.54, 1.807) is 0 Å². The maximum atomic E-state index is 6.39. The molecule has 0 radical (unpaired) electrons. The molecule has 14 heavy (non-hydrogen) atoms. The van der Waals surface area contributed by atoms with Gasteiger partial charge in [0.05, 0.1) is 0 Å². The van der Waals surface area contributed by atoms with E-state index < -0.39 is 0 Å². The highest BCUT2D eigenvalue weighted by atomic mass is 14.7. The van der Waals surface area contributed by atoms with Gasteiger partial charge in [-0.3, -0.25) is 0 Å². The highest BCUT2D eigenvalue weighted by Gasteiger charge is 2.39. The smallest absolute Gasteiger partial charge is 0.00956 e. The first-order chi connectivity index (χ1) is 6.72. The highest BCUT2D eigenvalue weighted by Crippen LogP contribution is 2.46. The van der Waals surface area contributed by atoms with Crippen LogP contribution in [0.4, 0.5) is 0 Å². The third-order valence-electron chi connectivity index (χ3n) is 4.90. The molecule has 0 heterocycles. The Hall–Kier alpha value is -0.0400. The van der Waals surface area contributed by atoms with Gasteiger partial charge in [0.25, 0.3) is 0 Å². The largest absolute Gasteiger partial charge is 0.327 e. The summed E-state index contributed by atoms with van der Waals surface area (Å²) in [5.41, 5.74) is 6.39. The van der Waals surface area contributed by atoms with E-state index >= 15 is 0 Å². The summed E-state index contributed by atoms with van der Waals surface area (Å²) < 4.78 is 0. The lowest BCUT2D eigenvalue weighted by Crippen LogP contribution is -2.45. The predicted molar refractivity (Wildman–Crippen MR) is 61.0 cm³/mol. The number of hydrogen-bond acceptors (Lipinski definition) is 1. The van der Waals surface area contributed by atoms with Crippen LogP contribution < -0.4 is 5.73 Å². The maximum absolute atomic E-state index is 6.39. The molecule has 0 aliphatic heterocycles. The molecular weight excluding hydrogens is 170 g/mol. The third kappa shape index (κ3) is 1.84. The number of nitrogens with two attached hydrogens (primary N) is 1. The zero-order valence-corrected chi connectivity index (χ0v) is 9.71. The first-order valence-electron chi connectivity index (χ1n) is 6.48. The first-order valence-corrected chi connectivity index (χ1v) is 6.48. The molecule has 2 N–H and O–H groups in total. The Morgan fingerprint density at radius 3 is 2.29 bits per heavy atom. The zero-order chi connectivity index (χ0) is 10.1. The van der Waals surface area contributed by atoms with Crippen LogP contribution in [-0.4, -0.2) is 6.04 Å². The molecule has 0 spiro atoms. The molecule has 0 saturated heterocycles. The van der Waals surface area contributed by atoms with Crippen LogP contribution in [0.1, 0.15) is 52.4 Å². The van der Waals surface area contributed by atoms with E-state index in [2.05, 4.69) is 13.8 Å². The summed E-state index contributed by atoms with van der Waals surface area (Å²) in [6, 6.07) is 0.480. The monoisotopic (exact) mass is 195 g/mol. The molecule has 1 nitrogen and oxygen atoms in total. The normalized spacial score (nSPS) is 40.9. The van der Waals surface area contributed by atoms with Crippen molar-refractivity contribution in [3.05, 3.63) is 0 Å². The van der Waals surface area contributed by atoms with Gasteiger partial charge in [0, 0.05) is 6.04 Å². The Morgan fingerprint density at radius 2 is 1.86 bits per heavy atom. The molecule has 3 rings (SSSR count). The van der Waals surface area contributed by atoms with E-state index in [9.17, 15) is 0 Å². The molecule has 0 amide bonds. The fraction of sp³-hybridized carbons (Fsp3) is 1.00. The van der Waals surface area contributed by atoms with Gasteiger partial charge in [-0.15, -0.1) is 0 Å². The van der Waals surface area contributed by atoms with Crippen LogP contribution in [0.25, 0.3) is 0 Å². The van der Waals surface area contributed by atoms with Gasteiger partial charge >= 0.3 is 0 Å². The van der Waals surface area contributed by atoms with Crippen molar-refractivity contribution >= 4 is 0 Å². The fourth-order valence-corrected chi connectivity index (χ4v) is 3.59. The molecule has 0 aromatic rings. The summed E-state index contributed by atoms with van der Waals surface area (Å²) in [6.45, 7) is 4.60. The second-order valence-corrected chi connectivity index (χ2v) is 5.64. The third-order valence-corrected chi connectivity index (χ3v) is 4.90. The lowest BCUT2D eigenvalue weighted by Gasteiger charge is -2.46. The molecule has 82 valence electrons. The highest BCUT2D eigenvalue weighted by molar-refractivity contribution is 4.92. The van der Waals surface area contributed by atoms with Gasteiger partial charge in [-0.1, -0.05) is 33.1 Å². The molecule has 2 bridgehead atoms. The molecule has 1 heteroatoms. The molecule has 3 aliphatic carbocycles. The summed E-state index contributed by atoms with van der Waals surface area (Å²) in [5.74, 6) is 3.58. The summed E-state index contributed by atoms with van der Waals surface area (Å²) in [7, 11) is 0. The number of hydrogen-bond donors (Lipinski definition) is 1. The van der Waals surface area contributed by atoms with Crippen LogP contribution in [0, 0.1) is 23.7 Å². The van der Waals surface area contributed by atoms with Crippen LogP contribution in [0.3, 0.4) is 0 Å². The Balaban J connectivity index is 1.97. The minimum Gasteiger partial charge on any atom is -0.327 e. The lowest BCUT2D eigenvalue weighted by atomic mass is 9.61. The van der Waals surface area contributed by atoms with E-state index in [-0.39, 0.29) is 0 Å². The summed E-state index contributed by atoms with van der Waals surface area (Å²) in [4.78, 5) is 0. The van der Waals surface area contributed by atoms with E-state index in [1.807, 2.05) is 0 Å². The van der Waals surface area contributed by atoms with Crippen LogP contribution in [0.2, 0.25) is 0 Å². The van der Waals surface area contributed by atoms with Crippen molar-refractivity contribution in [2.75, 3.05) is 0 Å². The molecular formula is C13H25N. The van der Waals surface area contributed by atoms with Crippen molar-refractivity contribution in [2.24, 2.45) is 29.4 Å². The Morgan fingerprint density at radius 1 is 1.21 bits per heavy atom. The van der Waals surface area contributed by atoms with Crippen molar-refractivity contribution in [1.29, 1.82) is 0 Å². The average Bonchev–Trinajstić information content (AvgIpc) is 2.28. The Bertz CT molecular complexity index is 182. The van der Waals surface area contributed by atoms with Crippen molar-refractivity contribution < 1.29 is 0 Å². The van der Waals surface area contributed by atoms with Crippen molar-refractivity contribution in [3.8, 4) is 0 Å². The standard InChI is InChI=1S/C13H25N/c1-3-9(2)13(14)12-8-10-4-6-11(12)7-5-10/h9-13H,3-8,14H2,1-2H3. The van der Waals surface area contributed by atoms with Crippen LogP contribution >= 0.6 is 0 Å². The molecule has 3 unspecified atom stereocenters. The summed E-state index contributed by atoms with van der Waals surface area (Å²) in [6.07, 6.45) is 8.62. The Labute approximate surface area is 88.4 Å². The molecule has 3 saturated carbocycles. The quantitative estimate of drug-likeness (QED) is 0.735. The minimum atomic E-state index is 0.480. The van der Waals surface area contributed by atoms with Crippen molar-refractivity contribution in [1.82, 2.24) is 0 Å². The second-order valence-electron chi connectivity index (χ2n) is 5.64. The van der Waals surface area contributed by atoms with Crippen LogP contribution in [0.5, 0.6) is 0 Å². The SMILES string of the molecule is CCC(C)C(N)C1CC2CCC1CC2. The average molecular weight is 195 g/mol. The van der Waals surface area contributed by atoms with Crippen LogP contribution in [-0.2, 0) is 0 Å². The van der Waals surface area contributed by atoms with Gasteiger partial charge in [0.15, 0.2) is 0 Å². The van der Waals surface area contributed by atoms with Gasteiger partial charge in [-0.2, -0.15) is 0 Å². The van der Waals surface area contributed by atoms with E-state index in [1.165, 1.54) is 38.5 Å². The summed E-state index contributed by atoms with van der Waals surface area (Å²) in [5, 5.41) is 0. The van der Waals surface area contributed by atoms with Crippen LogP contribution in [0.15, 0.2) is 0 Å². The first kappa shape index (κ1) is 10.5. The van der Waals surface area contributed by atoms with Crippen molar-refractivity contribution in [3.63, 3.8) is 0 Å². The molecule has 3 aliphatic rings. The maximum Gasteiger partial charge on any atom is 0.00956 e. The molecule has 3 atom stereocenters. The van der Waals surface area contributed by atoms with Gasteiger partial charge in [0.1, 0.15) is 0 Å². The second kappa shape index (κ2) is 4.22.